The maximum absolute atomic E-state index is 13.3. The van der Waals surface area contributed by atoms with Gasteiger partial charge in [0.15, 0.2) is 17.5 Å². The standard InChI is InChI=1S/C22H31FN4O3/c1-24-22(25-10-7-11-27(2)18-9-6-8-17(23)14-18)26-15-16-12-19(28-3)21(30-5)20(13-16)29-4/h6,8-9,12-14H,7,10-11,15H2,1-5H3,(H2,24,25,26). The van der Waals surface area contributed by atoms with Gasteiger partial charge in [0.05, 0.1) is 21.3 Å². The second kappa shape index (κ2) is 11.7. The van der Waals surface area contributed by atoms with Crippen LogP contribution in [0.2, 0.25) is 0 Å². The molecule has 2 aromatic rings. The van der Waals surface area contributed by atoms with Crippen LogP contribution in [-0.2, 0) is 6.54 Å². The number of guanidine groups is 1. The summed E-state index contributed by atoms with van der Waals surface area (Å²) < 4.78 is 29.5. The first-order valence-electron chi connectivity index (χ1n) is 9.72. The van der Waals surface area contributed by atoms with Crippen molar-refractivity contribution in [1.29, 1.82) is 0 Å². The van der Waals surface area contributed by atoms with E-state index >= 15 is 0 Å². The van der Waals surface area contributed by atoms with Crippen molar-refractivity contribution >= 4 is 11.6 Å². The quantitative estimate of drug-likeness (QED) is 0.351. The van der Waals surface area contributed by atoms with Crippen molar-refractivity contribution in [3.05, 3.63) is 47.8 Å². The summed E-state index contributed by atoms with van der Waals surface area (Å²) in [5, 5.41) is 6.57. The van der Waals surface area contributed by atoms with Crippen LogP contribution in [0.15, 0.2) is 41.4 Å². The Morgan fingerprint density at radius 3 is 2.30 bits per heavy atom. The van der Waals surface area contributed by atoms with Crippen LogP contribution in [0, 0.1) is 5.82 Å². The van der Waals surface area contributed by atoms with Crippen LogP contribution >= 0.6 is 0 Å². The summed E-state index contributed by atoms with van der Waals surface area (Å²) in [7, 11) is 8.44. The van der Waals surface area contributed by atoms with Gasteiger partial charge in [-0.15, -0.1) is 0 Å². The molecule has 2 aromatic carbocycles. The summed E-state index contributed by atoms with van der Waals surface area (Å²) in [5.74, 6) is 2.24. The van der Waals surface area contributed by atoms with Crippen molar-refractivity contribution in [1.82, 2.24) is 10.6 Å². The zero-order valence-electron chi connectivity index (χ0n) is 18.3. The van der Waals surface area contributed by atoms with Gasteiger partial charge in [0, 0.05) is 39.4 Å². The third-order valence-electron chi connectivity index (χ3n) is 4.62. The van der Waals surface area contributed by atoms with Gasteiger partial charge in [-0.3, -0.25) is 4.99 Å². The normalized spacial score (nSPS) is 11.1. The van der Waals surface area contributed by atoms with Crippen molar-refractivity contribution in [2.24, 2.45) is 4.99 Å². The summed E-state index contributed by atoms with van der Waals surface area (Å²) in [6.07, 6.45) is 0.873. The molecule has 0 heterocycles. The number of halogens is 1. The molecule has 0 unspecified atom stereocenters. The number of nitrogens with one attached hydrogen (secondary N) is 2. The first kappa shape index (κ1) is 23.1. The lowest BCUT2D eigenvalue weighted by Crippen LogP contribution is -2.38. The molecule has 0 amide bonds. The van der Waals surface area contributed by atoms with E-state index in [9.17, 15) is 4.39 Å². The second-order valence-corrected chi connectivity index (χ2v) is 6.64. The molecule has 0 atom stereocenters. The fourth-order valence-corrected chi connectivity index (χ4v) is 3.01. The average Bonchev–Trinajstić information content (AvgIpc) is 2.77. The van der Waals surface area contributed by atoms with Crippen LogP contribution in [0.3, 0.4) is 0 Å². The van der Waals surface area contributed by atoms with E-state index in [0.717, 1.165) is 30.8 Å². The van der Waals surface area contributed by atoms with Crippen LogP contribution in [-0.4, -0.2) is 54.5 Å². The fraction of sp³-hybridized carbons (Fsp3) is 0.409. The topological polar surface area (TPSA) is 67.4 Å². The Kier molecular flexibility index (Phi) is 9.05. The molecular weight excluding hydrogens is 387 g/mol. The maximum atomic E-state index is 13.3. The number of rotatable bonds is 10. The predicted octanol–water partition coefficient (Wildman–Crippen LogP) is 3.04. The van der Waals surface area contributed by atoms with Crippen molar-refractivity contribution < 1.29 is 18.6 Å². The lowest BCUT2D eigenvalue weighted by atomic mass is 10.2. The molecular formula is C22H31FN4O3. The molecule has 0 aliphatic rings. The molecule has 0 saturated carbocycles. The molecule has 2 rings (SSSR count). The van der Waals surface area contributed by atoms with E-state index in [2.05, 4.69) is 15.6 Å². The lowest BCUT2D eigenvalue weighted by molar-refractivity contribution is 0.323. The van der Waals surface area contributed by atoms with Gasteiger partial charge in [-0.25, -0.2) is 4.39 Å². The predicted molar refractivity (Wildman–Crippen MR) is 119 cm³/mol. The number of benzene rings is 2. The van der Waals surface area contributed by atoms with Gasteiger partial charge in [0.2, 0.25) is 5.75 Å². The smallest absolute Gasteiger partial charge is 0.203 e. The number of hydrogen-bond donors (Lipinski definition) is 2. The van der Waals surface area contributed by atoms with E-state index in [0.29, 0.717) is 29.8 Å². The average molecular weight is 419 g/mol. The number of hydrogen-bond acceptors (Lipinski definition) is 5. The van der Waals surface area contributed by atoms with Gasteiger partial charge in [0.1, 0.15) is 5.82 Å². The Morgan fingerprint density at radius 1 is 1.03 bits per heavy atom. The third kappa shape index (κ3) is 6.43. The van der Waals surface area contributed by atoms with Crippen LogP contribution in [0.25, 0.3) is 0 Å². The molecule has 0 aliphatic heterocycles. The summed E-state index contributed by atoms with van der Waals surface area (Å²) in [5.41, 5.74) is 1.83. The Labute approximate surface area is 177 Å². The maximum Gasteiger partial charge on any atom is 0.203 e. The van der Waals surface area contributed by atoms with Crippen molar-refractivity contribution in [3.63, 3.8) is 0 Å². The molecule has 7 nitrogen and oxygen atoms in total. The summed E-state index contributed by atoms with van der Waals surface area (Å²) in [4.78, 5) is 6.28. The van der Waals surface area contributed by atoms with E-state index in [-0.39, 0.29) is 5.82 Å². The van der Waals surface area contributed by atoms with Gasteiger partial charge < -0.3 is 29.7 Å². The molecule has 0 aromatic heterocycles. The highest BCUT2D eigenvalue weighted by Gasteiger charge is 2.13. The van der Waals surface area contributed by atoms with E-state index in [1.807, 2.05) is 30.1 Å². The highest BCUT2D eigenvalue weighted by molar-refractivity contribution is 5.79. The molecule has 0 spiro atoms. The molecule has 30 heavy (non-hydrogen) atoms. The highest BCUT2D eigenvalue weighted by Crippen LogP contribution is 2.38. The molecule has 0 saturated heterocycles. The van der Waals surface area contributed by atoms with E-state index in [1.54, 1.807) is 34.4 Å². The number of methoxy groups -OCH3 is 3. The highest BCUT2D eigenvalue weighted by atomic mass is 19.1. The molecule has 0 radical (unpaired) electrons. The second-order valence-electron chi connectivity index (χ2n) is 6.64. The van der Waals surface area contributed by atoms with Crippen LogP contribution < -0.4 is 29.7 Å². The van der Waals surface area contributed by atoms with Gasteiger partial charge in [-0.05, 0) is 42.3 Å². The Morgan fingerprint density at radius 2 is 1.73 bits per heavy atom. The van der Waals surface area contributed by atoms with Crippen molar-refractivity contribution in [2.45, 2.75) is 13.0 Å². The molecule has 8 heteroatoms. The zero-order valence-corrected chi connectivity index (χ0v) is 18.3. The minimum Gasteiger partial charge on any atom is -0.493 e. The van der Waals surface area contributed by atoms with Crippen molar-refractivity contribution in [2.75, 3.05) is 53.4 Å². The molecule has 0 bridgehead atoms. The molecule has 164 valence electrons. The van der Waals surface area contributed by atoms with E-state index < -0.39 is 0 Å². The summed E-state index contributed by atoms with van der Waals surface area (Å²) in [6, 6.07) is 10.4. The van der Waals surface area contributed by atoms with Gasteiger partial charge in [-0.2, -0.15) is 0 Å². The largest absolute Gasteiger partial charge is 0.493 e. The van der Waals surface area contributed by atoms with E-state index in [4.69, 9.17) is 14.2 Å². The van der Waals surface area contributed by atoms with Crippen LogP contribution in [0.5, 0.6) is 17.2 Å². The number of nitrogens with zero attached hydrogens (tertiary/aromatic N) is 2. The monoisotopic (exact) mass is 418 g/mol. The first-order valence-corrected chi connectivity index (χ1v) is 9.72. The Balaban J connectivity index is 1.84. The minimum absolute atomic E-state index is 0.228. The van der Waals surface area contributed by atoms with Gasteiger partial charge >= 0.3 is 0 Å². The van der Waals surface area contributed by atoms with E-state index in [1.165, 1.54) is 12.1 Å². The summed E-state index contributed by atoms with van der Waals surface area (Å²) >= 11 is 0. The zero-order chi connectivity index (χ0) is 21.9. The lowest BCUT2D eigenvalue weighted by Gasteiger charge is -2.20. The molecule has 0 aliphatic carbocycles. The Hall–Kier alpha value is -3.16. The third-order valence-corrected chi connectivity index (χ3v) is 4.62. The number of aliphatic imine (C=N–C) groups is 1. The number of ether oxygens (including phenoxy) is 3. The molecule has 0 fully saturated rings. The first-order chi connectivity index (χ1) is 14.5. The van der Waals surface area contributed by atoms with Crippen molar-refractivity contribution in [3.8, 4) is 17.2 Å². The molecule has 2 N–H and O–H groups in total. The van der Waals surface area contributed by atoms with Gasteiger partial charge in [0.25, 0.3) is 0 Å². The summed E-state index contributed by atoms with van der Waals surface area (Å²) in [6.45, 7) is 2.06. The Bertz CT molecular complexity index is 820. The number of anilines is 1. The van der Waals surface area contributed by atoms with Crippen LogP contribution in [0.1, 0.15) is 12.0 Å². The minimum atomic E-state index is -0.228. The fourth-order valence-electron chi connectivity index (χ4n) is 3.01. The van der Waals surface area contributed by atoms with Gasteiger partial charge in [-0.1, -0.05) is 6.07 Å². The SMILES string of the molecule is CN=C(NCCCN(C)c1cccc(F)c1)NCc1cc(OC)c(OC)c(OC)c1. The van der Waals surface area contributed by atoms with Crippen LogP contribution in [0.4, 0.5) is 10.1 Å².